The number of ether oxygens (including phenoxy) is 2. The summed E-state index contributed by atoms with van der Waals surface area (Å²) in [6.45, 7) is 0.699. The Morgan fingerprint density at radius 2 is 1.75 bits per heavy atom. The van der Waals surface area contributed by atoms with Crippen molar-refractivity contribution in [2.45, 2.75) is 38.3 Å². The second-order valence-electron chi connectivity index (χ2n) is 7.19. The molecule has 0 amide bonds. The average molecular weight is 374 g/mol. The fraction of sp³-hybridized carbons (Fsp3) is 0.292. The van der Waals surface area contributed by atoms with Crippen molar-refractivity contribution in [3.05, 3.63) is 72.6 Å². The third-order valence-electron chi connectivity index (χ3n) is 5.17. The number of aromatic nitrogens is 1. The van der Waals surface area contributed by atoms with Crippen LogP contribution in [0.15, 0.2) is 67.0 Å². The molecule has 144 valence electrons. The molecule has 4 rings (SSSR count). The Kier molecular flexibility index (Phi) is 5.76. The Hall–Kier alpha value is -3.01. The molecule has 0 saturated heterocycles. The SMILES string of the molecule is COc1ccc(CNc2cncc(-c3ccccc3)c2)cc1OC1CCCC1. The predicted octanol–water partition coefficient (Wildman–Crippen LogP) is 5.69. The molecule has 28 heavy (non-hydrogen) atoms. The summed E-state index contributed by atoms with van der Waals surface area (Å²) < 4.78 is 11.7. The van der Waals surface area contributed by atoms with Crippen molar-refractivity contribution in [2.24, 2.45) is 0 Å². The zero-order valence-corrected chi connectivity index (χ0v) is 16.2. The van der Waals surface area contributed by atoms with E-state index in [-0.39, 0.29) is 0 Å². The quantitative estimate of drug-likeness (QED) is 0.577. The van der Waals surface area contributed by atoms with Crippen molar-refractivity contribution in [3.63, 3.8) is 0 Å². The summed E-state index contributed by atoms with van der Waals surface area (Å²) in [6, 6.07) is 18.6. The number of anilines is 1. The van der Waals surface area contributed by atoms with E-state index in [0.717, 1.165) is 46.7 Å². The first-order valence-electron chi connectivity index (χ1n) is 9.90. The highest BCUT2D eigenvalue weighted by Crippen LogP contribution is 2.32. The maximum atomic E-state index is 6.20. The monoisotopic (exact) mass is 374 g/mol. The first-order valence-corrected chi connectivity index (χ1v) is 9.90. The molecule has 0 radical (unpaired) electrons. The third kappa shape index (κ3) is 4.45. The molecule has 0 bridgehead atoms. The lowest BCUT2D eigenvalue weighted by atomic mass is 10.1. The van der Waals surface area contributed by atoms with Crippen LogP contribution in [0, 0.1) is 0 Å². The van der Waals surface area contributed by atoms with Gasteiger partial charge in [-0.15, -0.1) is 0 Å². The Balaban J connectivity index is 1.46. The van der Waals surface area contributed by atoms with Crippen LogP contribution in [0.1, 0.15) is 31.2 Å². The second-order valence-corrected chi connectivity index (χ2v) is 7.19. The lowest BCUT2D eigenvalue weighted by molar-refractivity contribution is 0.200. The largest absolute Gasteiger partial charge is 0.493 e. The standard InChI is InChI=1S/C24H26N2O2/c1-27-23-12-11-18(13-24(23)28-22-9-5-6-10-22)15-26-21-14-20(16-25-17-21)19-7-3-2-4-8-19/h2-4,7-8,11-14,16-17,22,26H,5-6,9-10,15H2,1H3. The highest BCUT2D eigenvalue weighted by Gasteiger charge is 2.18. The molecule has 3 aromatic rings. The molecule has 1 aliphatic carbocycles. The van der Waals surface area contributed by atoms with Gasteiger partial charge in [-0.3, -0.25) is 4.98 Å². The van der Waals surface area contributed by atoms with Crippen molar-refractivity contribution < 1.29 is 9.47 Å². The molecule has 0 spiro atoms. The second kappa shape index (κ2) is 8.79. The van der Waals surface area contributed by atoms with Crippen molar-refractivity contribution in [1.82, 2.24) is 4.98 Å². The van der Waals surface area contributed by atoms with Gasteiger partial charge in [-0.1, -0.05) is 36.4 Å². The van der Waals surface area contributed by atoms with E-state index in [9.17, 15) is 0 Å². The minimum absolute atomic E-state index is 0.309. The zero-order chi connectivity index (χ0) is 19.2. The number of benzene rings is 2. The molecule has 1 N–H and O–H groups in total. The first-order chi connectivity index (χ1) is 13.8. The molecule has 0 atom stereocenters. The minimum atomic E-state index is 0.309. The Morgan fingerprint density at radius 1 is 0.929 bits per heavy atom. The topological polar surface area (TPSA) is 43.4 Å². The lowest BCUT2D eigenvalue weighted by Gasteiger charge is -2.17. The molecule has 1 saturated carbocycles. The maximum Gasteiger partial charge on any atom is 0.161 e. The van der Waals surface area contributed by atoms with Crippen LogP contribution in [-0.4, -0.2) is 18.2 Å². The number of methoxy groups -OCH3 is 1. The van der Waals surface area contributed by atoms with E-state index in [1.807, 2.05) is 36.7 Å². The van der Waals surface area contributed by atoms with Gasteiger partial charge in [-0.25, -0.2) is 0 Å². The van der Waals surface area contributed by atoms with Crippen molar-refractivity contribution >= 4 is 5.69 Å². The van der Waals surface area contributed by atoms with E-state index in [0.29, 0.717) is 12.6 Å². The van der Waals surface area contributed by atoms with Gasteiger partial charge in [0.15, 0.2) is 11.5 Å². The smallest absolute Gasteiger partial charge is 0.161 e. The fourth-order valence-corrected chi connectivity index (χ4v) is 3.64. The summed E-state index contributed by atoms with van der Waals surface area (Å²) in [7, 11) is 1.69. The first kappa shape index (κ1) is 18.4. The molecule has 1 heterocycles. The van der Waals surface area contributed by atoms with Gasteiger partial charge in [0.05, 0.1) is 18.9 Å². The van der Waals surface area contributed by atoms with Gasteiger partial charge in [0.25, 0.3) is 0 Å². The summed E-state index contributed by atoms with van der Waals surface area (Å²) in [5.41, 5.74) is 4.41. The molecule has 1 fully saturated rings. The van der Waals surface area contributed by atoms with Crippen LogP contribution >= 0.6 is 0 Å². The minimum Gasteiger partial charge on any atom is -0.493 e. The van der Waals surface area contributed by atoms with E-state index < -0.39 is 0 Å². The van der Waals surface area contributed by atoms with Gasteiger partial charge in [-0.05, 0) is 55.0 Å². The summed E-state index contributed by atoms with van der Waals surface area (Å²) in [4.78, 5) is 4.38. The van der Waals surface area contributed by atoms with E-state index >= 15 is 0 Å². The molecule has 0 aliphatic heterocycles. The summed E-state index contributed by atoms with van der Waals surface area (Å²) >= 11 is 0. The summed E-state index contributed by atoms with van der Waals surface area (Å²) in [5.74, 6) is 1.63. The van der Waals surface area contributed by atoms with E-state index in [4.69, 9.17) is 9.47 Å². The molecular formula is C24H26N2O2. The van der Waals surface area contributed by atoms with Crippen LogP contribution in [0.25, 0.3) is 11.1 Å². The van der Waals surface area contributed by atoms with Crippen LogP contribution in [0.4, 0.5) is 5.69 Å². The molecule has 0 unspecified atom stereocenters. The van der Waals surface area contributed by atoms with Crippen molar-refractivity contribution in [3.8, 4) is 22.6 Å². The number of nitrogens with one attached hydrogen (secondary N) is 1. The van der Waals surface area contributed by atoms with Crippen LogP contribution in [0.5, 0.6) is 11.5 Å². The fourth-order valence-electron chi connectivity index (χ4n) is 3.64. The maximum absolute atomic E-state index is 6.20. The Morgan fingerprint density at radius 3 is 2.54 bits per heavy atom. The Bertz CT molecular complexity index is 905. The molecular weight excluding hydrogens is 348 g/mol. The number of nitrogens with zero attached hydrogens (tertiary/aromatic N) is 1. The van der Waals surface area contributed by atoms with E-state index in [1.165, 1.54) is 12.8 Å². The third-order valence-corrected chi connectivity index (χ3v) is 5.17. The summed E-state index contributed by atoms with van der Waals surface area (Å²) in [5, 5.41) is 3.47. The highest BCUT2D eigenvalue weighted by molar-refractivity contribution is 5.66. The van der Waals surface area contributed by atoms with Gasteiger partial charge in [-0.2, -0.15) is 0 Å². The Labute approximate surface area is 166 Å². The zero-order valence-electron chi connectivity index (χ0n) is 16.2. The number of hydrogen-bond donors (Lipinski definition) is 1. The average Bonchev–Trinajstić information content (AvgIpc) is 3.26. The molecule has 1 aliphatic rings. The van der Waals surface area contributed by atoms with Crippen LogP contribution < -0.4 is 14.8 Å². The van der Waals surface area contributed by atoms with Crippen LogP contribution in [0.3, 0.4) is 0 Å². The number of rotatable bonds is 7. The predicted molar refractivity (Wildman–Crippen MR) is 113 cm³/mol. The normalized spacial score (nSPS) is 14.0. The van der Waals surface area contributed by atoms with Crippen LogP contribution in [0.2, 0.25) is 0 Å². The van der Waals surface area contributed by atoms with Gasteiger partial charge in [0, 0.05) is 24.5 Å². The molecule has 4 nitrogen and oxygen atoms in total. The van der Waals surface area contributed by atoms with E-state index in [2.05, 4.69) is 40.6 Å². The molecule has 4 heteroatoms. The molecule has 2 aromatic carbocycles. The lowest BCUT2D eigenvalue weighted by Crippen LogP contribution is -2.12. The summed E-state index contributed by atoms with van der Waals surface area (Å²) in [6.07, 6.45) is 8.81. The van der Waals surface area contributed by atoms with Crippen molar-refractivity contribution in [2.75, 3.05) is 12.4 Å². The van der Waals surface area contributed by atoms with Crippen molar-refractivity contribution in [1.29, 1.82) is 0 Å². The van der Waals surface area contributed by atoms with Gasteiger partial charge in [0.1, 0.15) is 0 Å². The van der Waals surface area contributed by atoms with Crippen LogP contribution in [-0.2, 0) is 6.54 Å². The van der Waals surface area contributed by atoms with Gasteiger partial charge >= 0.3 is 0 Å². The van der Waals surface area contributed by atoms with Gasteiger partial charge < -0.3 is 14.8 Å². The highest BCUT2D eigenvalue weighted by atomic mass is 16.5. The van der Waals surface area contributed by atoms with E-state index in [1.54, 1.807) is 7.11 Å². The number of pyridine rings is 1. The molecule has 1 aromatic heterocycles. The van der Waals surface area contributed by atoms with Gasteiger partial charge in [0.2, 0.25) is 0 Å². The number of hydrogen-bond acceptors (Lipinski definition) is 4.